The Morgan fingerprint density at radius 3 is 3.20 bits per heavy atom. The first-order valence-corrected chi connectivity index (χ1v) is 4.73. The van der Waals surface area contributed by atoms with Gasteiger partial charge in [-0.1, -0.05) is 17.2 Å². The molecule has 0 radical (unpaired) electrons. The highest BCUT2D eigenvalue weighted by atomic mass is 16.1. The van der Waals surface area contributed by atoms with Crippen LogP contribution in [0.3, 0.4) is 0 Å². The Labute approximate surface area is 86.7 Å². The number of azide groups is 1. The normalized spacial score (nSPS) is 12.9. The van der Waals surface area contributed by atoms with Crippen molar-refractivity contribution in [3.63, 3.8) is 0 Å². The summed E-state index contributed by atoms with van der Waals surface area (Å²) < 4.78 is 0. The lowest BCUT2D eigenvalue weighted by Gasteiger charge is -2.04. The summed E-state index contributed by atoms with van der Waals surface area (Å²) in [6, 6.07) is 5.75. The number of amides is 1. The van der Waals surface area contributed by atoms with E-state index in [1.54, 1.807) is 0 Å². The van der Waals surface area contributed by atoms with Gasteiger partial charge in [0, 0.05) is 17.1 Å². The number of hydrogen-bond donors (Lipinski definition) is 1. The Balaban J connectivity index is 2.22. The topological polar surface area (TPSA) is 77.9 Å². The lowest BCUT2D eigenvalue weighted by atomic mass is 10.0. The highest BCUT2D eigenvalue weighted by Crippen LogP contribution is 2.26. The zero-order valence-corrected chi connectivity index (χ0v) is 8.10. The molecule has 0 bridgehead atoms. The molecule has 1 aliphatic heterocycles. The first-order valence-electron chi connectivity index (χ1n) is 4.73. The van der Waals surface area contributed by atoms with E-state index in [1.807, 2.05) is 18.2 Å². The highest BCUT2D eigenvalue weighted by Gasteiger charge is 2.19. The molecule has 76 valence electrons. The minimum Gasteiger partial charge on any atom is -0.326 e. The van der Waals surface area contributed by atoms with E-state index in [9.17, 15) is 4.79 Å². The van der Waals surface area contributed by atoms with Gasteiger partial charge in [0.2, 0.25) is 5.91 Å². The second-order valence-corrected chi connectivity index (χ2v) is 3.37. The monoisotopic (exact) mass is 202 g/mol. The van der Waals surface area contributed by atoms with Crippen molar-refractivity contribution in [2.75, 3.05) is 11.9 Å². The minimum absolute atomic E-state index is 0.0289. The zero-order valence-electron chi connectivity index (χ0n) is 8.10. The van der Waals surface area contributed by atoms with Gasteiger partial charge in [0.15, 0.2) is 0 Å². The number of nitrogens with zero attached hydrogens (tertiary/aromatic N) is 3. The van der Waals surface area contributed by atoms with Crippen LogP contribution >= 0.6 is 0 Å². The van der Waals surface area contributed by atoms with E-state index in [1.165, 1.54) is 0 Å². The third-order valence-electron chi connectivity index (χ3n) is 2.43. The second-order valence-electron chi connectivity index (χ2n) is 3.37. The first-order chi connectivity index (χ1) is 7.31. The average molecular weight is 202 g/mol. The van der Waals surface area contributed by atoms with Gasteiger partial charge < -0.3 is 5.32 Å². The SMILES string of the molecule is [N-]=[N+]=NCCc1cccc2c1CC(=O)N2. The molecule has 1 N–H and O–H groups in total. The standard InChI is InChI=1S/C10H10N4O/c11-14-12-5-4-7-2-1-3-9-8(7)6-10(15)13-9/h1-3H,4-6H2,(H,13,15). The van der Waals surface area contributed by atoms with Gasteiger partial charge in [-0.15, -0.1) is 0 Å². The zero-order chi connectivity index (χ0) is 10.7. The van der Waals surface area contributed by atoms with Crippen LogP contribution in [0.2, 0.25) is 0 Å². The van der Waals surface area contributed by atoms with Crippen LogP contribution in [0.25, 0.3) is 10.4 Å². The van der Waals surface area contributed by atoms with Crippen LogP contribution in [0.5, 0.6) is 0 Å². The molecule has 0 saturated carbocycles. The van der Waals surface area contributed by atoms with Crippen LogP contribution in [-0.4, -0.2) is 12.5 Å². The smallest absolute Gasteiger partial charge is 0.228 e. The van der Waals surface area contributed by atoms with Gasteiger partial charge in [0.25, 0.3) is 0 Å². The van der Waals surface area contributed by atoms with Crippen molar-refractivity contribution in [3.8, 4) is 0 Å². The third-order valence-corrected chi connectivity index (χ3v) is 2.43. The van der Waals surface area contributed by atoms with E-state index in [0.717, 1.165) is 16.8 Å². The van der Waals surface area contributed by atoms with Gasteiger partial charge in [-0.2, -0.15) is 0 Å². The summed E-state index contributed by atoms with van der Waals surface area (Å²) in [7, 11) is 0. The molecule has 0 atom stereocenters. The molecule has 1 heterocycles. The Hall–Kier alpha value is -2.00. The van der Waals surface area contributed by atoms with Gasteiger partial charge in [-0.25, -0.2) is 0 Å². The molecule has 1 aliphatic rings. The Kier molecular flexibility index (Phi) is 2.56. The summed E-state index contributed by atoms with van der Waals surface area (Å²) in [6.45, 7) is 0.432. The summed E-state index contributed by atoms with van der Waals surface area (Å²) in [5, 5.41) is 6.27. The molecular formula is C10H10N4O. The number of carbonyl (C=O) groups is 1. The molecule has 5 nitrogen and oxygen atoms in total. The van der Waals surface area contributed by atoms with E-state index in [0.29, 0.717) is 19.4 Å². The molecule has 15 heavy (non-hydrogen) atoms. The molecular weight excluding hydrogens is 192 g/mol. The number of anilines is 1. The van der Waals surface area contributed by atoms with Crippen LogP contribution in [-0.2, 0) is 17.6 Å². The lowest BCUT2D eigenvalue weighted by molar-refractivity contribution is -0.115. The highest BCUT2D eigenvalue weighted by molar-refractivity contribution is 5.99. The number of nitrogens with one attached hydrogen (secondary N) is 1. The molecule has 1 amide bonds. The second kappa shape index (κ2) is 4.02. The summed E-state index contributed by atoms with van der Waals surface area (Å²) >= 11 is 0. The number of rotatable bonds is 3. The van der Waals surface area contributed by atoms with Crippen molar-refractivity contribution in [1.82, 2.24) is 0 Å². The van der Waals surface area contributed by atoms with E-state index in [-0.39, 0.29) is 5.91 Å². The summed E-state index contributed by atoms with van der Waals surface area (Å²) in [6.07, 6.45) is 1.12. The van der Waals surface area contributed by atoms with Gasteiger partial charge in [0.1, 0.15) is 0 Å². The van der Waals surface area contributed by atoms with E-state index >= 15 is 0 Å². The molecule has 0 aliphatic carbocycles. The fourth-order valence-corrected chi connectivity index (χ4v) is 1.76. The number of fused-ring (bicyclic) bond motifs is 1. The van der Waals surface area contributed by atoms with Crippen molar-refractivity contribution < 1.29 is 4.79 Å². The predicted molar refractivity (Wildman–Crippen MR) is 56.5 cm³/mol. The van der Waals surface area contributed by atoms with Crippen molar-refractivity contribution in [2.24, 2.45) is 5.11 Å². The van der Waals surface area contributed by atoms with Crippen molar-refractivity contribution >= 4 is 11.6 Å². The van der Waals surface area contributed by atoms with E-state index in [4.69, 9.17) is 5.53 Å². The van der Waals surface area contributed by atoms with Crippen LogP contribution in [0.4, 0.5) is 5.69 Å². The summed E-state index contributed by atoms with van der Waals surface area (Å²) in [5.74, 6) is 0.0289. The fourth-order valence-electron chi connectivity index (χ4n) is 1.76. The average Bonchev–Trinajstić information content (AvgIpc) is 2.59. The quantitative estimate of drug-likeness (QED) is 0.454. The Morgan fingerprint density at radius 1 is 1.53 bits per heavy atom. The van der Waals surface area contributed by atoms with Gasteiger partial charge in [0.05, 0.1) is 6.42 Å². The summed E-state index contributed by atoms with van der Waals surface area (Å²) in [5.41, 5.74) is 11.2. The molecule has 0 aromatic heterocycles. The molecule has 0 saturated heterocycles. The number of hydrogen-bond acceptors (Lipinski definition) is 2. The van der Waals surface area contributed by atoms with Crippen molar-refractivity contribution in [2.45, 2.75) is 12.8 Å². The van der Waals surface area contributed by atoms with Crippen molar-refractivity contribution in [3.05, 3.63) is 39.8 Å². The van der Waals surface area contributed by atoms with E-state index < -0.39 is 0 Å². The maximum Gasteiger partial charge on any atom is 0.228 e. The maximum atomic E-state index is 11.2. The van der Waals surface area contributed by atoms with Gasteiger partial charge in [-0.3, -0.25) is 4.79 Å². The molecule has 0 spiro atoms. The largest absolute Gasteiger partial charge is 0.326 e. The van der Waals surface area contributed by atoms with Gasteiger partial charge in [-0.05, 0) is 29.1 Å². The molecule has 2 rings (SSSR count). The minimum atomic E-state index is 0.0289. The van der Waals surface area contributed by atoms with Crippen LogP contribution in [0.1, 0.15) is 11.1 Å². The van der Waals surface area contributed by atoms with Gasteiger partial charge >= 0.3 is 0 Å². The Morgan fingerprint density at radius 2 is 2.40 bits per heavy atom. The number of carbonyl (C=O) groups excluding carboxylic acids is 1. The first kappa shape index (κ1) is 9.55. The molecule has 0 fully saturated rings. The fraction of sp³-hybridized carbons (Fsp3) is 0.300. The molecule has 0 unspecified atom stereocenters. The molecule has 1 aromatic carbocycles. The Bertz CT molecular complexity index is 449. The van der Waals surface area contributed by atoms with Crippen molar-refractivity contribution in [1.29, 1.82) is 0 Å². The third kappa shape index (κ3) is 1.92. The van der Waals surface area contributed by atoms with Crippen LogP contribution in [0.15, 0.2) is 23.3 Å². The van der Waals surface area contributed by atoms with E-state index in [2.05, 4.69) is 15.3 Å². The number of benzene rings is 1. The van der Waals surface area contributed by atoms with Crippen LogP contribution < -0.4 is 5.32 Å². The maximum absolute atomic E-state index is 11.2. The molecule has 5 heteroatoms. The molecule has 1 aromatic rings. The van der Waals surface area contributed by atoms with Crippen LogP contribution in [0, 0.1) is 0 Å². The summed E-state index contributed by atoms with van der Waals surface area (Å²) in [4.78, 5) is 13.9. The predicted octanol–water partition coefficient (Wildman–Crippen LogP) is 2.03. The lowest BCUT2D eigenvalue weighted by Crippen LogP contribution is -2.03.